The fourth-order valence-corrected chi connectivity index (χ4v) is 3.98. The van der Waals surface area contributed by atoms with E-state index in [0.717, 1.165) is 25.7 Å². The Balaban J connectivity index is 2.11. The molecule has 19 heavy (non-hydrogen) atoms. The lowest BCUT2D eigenvalue weighted by Crippen LogP contribution is -2.40. The van der Waals surface area contributed by atoms with E-state index in [-0.39, 0.29) is 22.1 Å². The molecular weight excluding hydrogens is 262 g/mol. The van der Waals surface area contributed by atoms with Crippen molar-refractivity contribution in [2.45, 2.75) is 50.5 Å². The molecule has 0 radical (unpaired) electrons. The van der Waals surface area contributed by atoms with Gasteiger partial charge in [0.25, 0.3) is 0 Å². The van der Waals surface area contributed by atoms with Crippen LogP contribution in [0.1, 0.15) is 39.5 Å². The second-order valence-corrected chi connectivity index (χ2v) is 7.79. The molecule has 1 saturated carbocycles. The molecule has 0 amide bonds. The SMILES string of the molecule is CC1(C)CCCC(NS(=O)(=O)c2ccc(O)cc2)C1. The summed E-state index contributed by atoms with van der Waals surface area (Å²) in [6.45, 7) is 4.35. The molecule has 2 rings (SSSR count). The minimum atomic E-state index is -3.49. The average Bonchev–Trinajstić information content (AvgIpc) is 2.27. The van der Waals surface area contributed by atoms with Crippen LogP contribution < -0.4 is 4.72 Å². The van der Waals surface area contributed by atoms with E-state index >= 15 is 0 Å². The predicted molar refractivity (Wildman–Crippen MR) is 74.5 cm³/mol. The molecule has 0 spiro atoms. The summed E-state index contributed by atoms with van der Waals surface area (Å²) >= 11 is 0. The van der Waals surface area contributed by atoms with Crippen LogP contribution in [0.4, 0.5) is 0 Å². The quantitative estimate of drug-likeness (QED) is 0.896. The van der Waals surface area contributed by atoms with Crippen molar-refractivity contribution in [2.75, 3.05) is 0 Å². The Kier molecular flexibility index (Phi) is 3.87. The van der Waals surface area contributed by atoms with E-state index in [4.69, 9.17) is 0 Å². The van der Waals surface area contributed by atoms with Gasteiger partial charge in [-0.25, -0.2) is 13.1 Å². The first-order valence-corrected chi connectivity index (χ1v) is 8.08. The van der Waals surface area contributed by atoms with Gasteiger partial charge in [-0.2, -0.15) is 0 Å². The highest BCUT2D eigenvalue weighted by Gasteiger charge is 2.30. The van der Waals surface area contributed by atoms with Crippen molar-refractivity contribution in [3.63, 3.8) is 0 Å². The predicted octanol–water partition coefficient (Wildman–Crippen LogP) is 2.64. The third-order valence-corrected chi connectivity index (χ3v) is 5.21. The molecule has 1 atom stereocenters. The third kappa shape index (κ3) is 3.70. The van der Waals surface area contributed by atoms with Crippen LogP contribution in [0, 0.1) is 5.41 Å². The van der Waals surface area contributed by atoms with Crippen molar-refractivity contribution in [3.05, 3.63) is 24.3 Å². The summed E-state index contributed by atoms with van der Waals surface area (Å²) in [6, 6.07) is 5.62. The molecule has 2 N–H and O–H groups in total. The zero-order valence-corrected chi connectivity index (χ0v) is 12.2. The average molecular weight is 283 g/mol. The van der Waals surface area contributed by atoms with Crippen LogP contribution in [0.5, 0.6) is 5.75 Å². The highest BCUT2D eigenvalue weighted by molar-refractivity contribution is 7.89. The van der Waals surface area contributed by atoms with Gasteiger partial charge in [-0.15, -0.1) is 0 Å². The highest BCUT2D eigenvalue weighted by Crippen LogP contribution is 2.35. The van der Waals surface area contributed by atoms with Crippen LogP contribution in [0.25, 0.3) is 0 Å². The first kappa shape index (κ1) is 14.3. The standard InChI is InChI=1S/C14H21NO3S/c1-14(2)9-3-4-11(10-14)15-19(17,18)13-7-5-12(16)6-8-13/h5-8,11,15-16H,3-4,9-10H2,1-2H3. The number of sulfonamides is 1. The lowest BCUT2D eigenvalue weighted by atomic mass is 9.75. The minimum Gasteiger partial charge on any atom is -0.508 e. The topological polar surface area (TPSA) is 66.4 Å². The molecule has 0 bridgehead atoms. The van der Waals surface area contributed by atoms with Gasteiger partial charge in [-0.05, 0) is 48.9 Å². The van der Waals surface area contributed by atoms with Gasteiger partial charge in [0.2, 0.25) is 10.0 Å². The van der Waals surface area contributed by atoms with Gasteiger partial charge in [0.1, 0.15) is 5.75 Å². The van der Waals surface area contributed by atoms with Crippen molar-refractivity contribution in [1.82, 2.24) is 4.72 Å². The molecule has 1 fully saturated rings. The van der Waals surface area contributed by atoms with Crippen molar-refractivity contribution < 1.29 is 13.5 Å². The lowest BCUT2D eigenvalue weighted by molar-refractivity contribution is 0.212. The van der Waals surface area contributed by atoms with E-state index in [1.165, 1.54) is 24.3 Å². The molecule has 0 aliphatic heterocycles. The van der Waals surface area contributed by atoms with Crippen LogP contribution in [-0.4, -0.2) is 19.6 Å². The van der Waals surface area contributed by atoms with Gasteiger partial charge >= 0.3 is 0 Å². The van der Waals surface area contributed by atoms with Gasteiger partial charge in [-0.1, -0.05) is 20.3 Å². The summed E-state index contributed by atoms with van der Waals surface area (Å²) in [5, 5.41) is 9.20. The maximum atomic E-state index is 12.2. The first-order valence-electron chi connectivity index (χ1n) is 6.60. The van der Waals surface area contributed by atoms with Crippen LogP contribution in [-0.2, 0) is 10.0 Å². The monoisotopic (exact) mass is 283 g/mol. The van der Waals surface area contributed by atoms with Gasteiger partial charge in [0.05, 0.1) is 4.90 Å². The van der Waals surface area contributed by atoms with Crippen molar-refractivity contribution in [1.29, 1.82) is 0 Å². The zero-order valence-electron chi connectivity index (χ0n) is 11.4. The lowest BCUT2D eigenvalue weighted by Gasteiger charge is -2.35. The molecule has 1 aliphatic carbocycles. The number of hydrogen-bond donors (Lipinski definition) is 2. The molecule has 1 aromatic carbocycles. The molecule has 1 aromatic rings. The van der Waals surface area contributed by atoms with Crippen molar-refractivity contribution >= 4 is 10.0 Å². The van der Waals surface area contributed by atoms with E-state index < -0.39 is 10.0 Å². The first-order chi connectivity index (χ1) is 8.78. The van der Waals surface area contributed by atoms with Crippen molar-refractivity contribution in [2.24, 2.45) is 5.41 Å². The van der Waals surface area contributed by atoms with Crippen molar-refractivity contribution in [3.8, 4) is 5.75 Å². The van der Waals surface area contributed by atoms with E-state index in [0.29, 0.717) is 0 Å². The number of phenolic OH excluding ortho intramolecular Hbond substituents is 1. The number of rotatable bonds is 3. The molecule has 4 nitrogen and oxygen atoms in total. The van der Waals surface area contributed by atoms with Gasteiger partial charge in [-0.3, -0.25) is 0 Å². The Morgan fingerprint density at radius 1 is 1.26 bits per heavy atom. The van der Waals surface area contributed by atoms with Crippen LogP contribution >= 0.6 is 0 Å². The van der Waals surface area contributed by atoms with E-state index in [2.05, 4.69) is 18.6 Å². The largest absolute Gasteiger partial charge is 0.508 e. The summed E-state index contributed by atoms with van der Waals surface area (Å²) in [6.07, 6.45) is 3.95. The number of benzene rings is 1. The highest BCUT2D eigenvalue weighted by atomic mass is 32.2. The smallest absolute Gasteiger partial charge is 0.240 e. The third-order valence-electron chi connectivity index (χ3n) is 3.67. The number of nitrogens with one attached hydrogen (secondary N) is 1. The Morgan fingerprint density at radius 3 is 2.47 bits per heavy atom. The number of phenols is 1. The maximum Gasteiger partial charge on any atom is 0.240 e. The summed E-state index contributed by atoms with van der Waals surface area (Å²) in [4.78, 5) is 0.202. The number of aromatic hydroxyl groups is 1. The Morgan fingerprint density at radius 2 is 1.89 bits per heavy atom. The van der Waals surface area contributed by atoms with E-state index in [1.54, 1.807) is 0 Å². The molecule has 5 heteroatoms. The second-order valence-electron chi connectivity index (χ2n) is 6.07. The molecule has 0 heterocycles. The van der Waals surface area contributed by atoms with E-state index in [9.17, 15) is 13.5 Å². The molecule has 0 aromatic heterocycles. The fourth-order valence-electron chi connectivity index (χ4n) is 2.71. The molecule has 1 aliphatic rings. The molecule has 106 valence electrons. The summed E-state index contributed by atoms with van der Waals surface area (Å²) < 4.78 is 27.2. The van der Waals surface area contributed by atoms with Crippen LogP contribution in [0.15, 0.2) is 29.2 Å². The summed E-state index contributed by atoms with van der Waals surface area (Å²) in [7, 11) is -3.49. The molecular formula is C14H21NO3S. The normalized spacial score (nSPS) is 23.2. The fraction of sp³-hybridized carbons (Fsp3) is 0.571. The Hall–Kier alpha value is -1.07. The van der Waals surface area contributed by atoms with Gasteiger partial charge < -0.3 is 5.11 Å². The number of hydrogen-bond acceptors (Lipinski definition) is 3. The zero-order chi connectivity index (χ0) is 14.1. The Bertz CT molecular complexity index is 534. The maximum absolute atomic E-state index is 12.2. The van der Waals surface area contributed by atoms with Crippen LogP contribution in [0.3, 0.4) is 0 Å². The van der Waals surface area contributed by atoms with Crippen LogP contribution in [0.2, 0.25) is 0 Å². The minimum absolute atomic E-state index is 0.00236. The Labute approximate surface area is 114 Å². The summed E-state index contributed by atoms with van der Waals surface area (Å²) in [5.41, 5.74) is 0.195. The molecule has 1 unspecified atom stereocenters. The van der Waals surface area contributed by atoms with Gasteiger partial charge in [0.15, 0.2) is 0 Å². The van der Waals surface area contributed by atoms with E-state index in [1.807, 2.05) is 0 Å². The summed E-state index contributed by atoms with van der Waals surface area (Å²) in [5.74, 6) is 0.0674. The second kappa shape index (κ2) is 5.13. The van der Waals surface area contributed by atoms with Gasteiger partial charge in [0, 0.05) is 6.04 Å². The molecule has 0 saturated heterocycles.